The Labute approximate surface area is 131 Å². The highest BCUT2D eigenvalue weighted by molar-refractivity contribution is 5.75. The van der Waals surface area contributed by atoms with Crippen LogP contribution in [-0.2, 0) is 4.79 Å². The number of carbonyl (C=O) groups excluding carboxylic acids is 1. The van der Waals surface area contributed by atoms with E-state index in [1.807, 2.05) is 18.3 Å². The van der Waals surface area contributed by atoms with Gasteiger partial charge in [0.05, 0.1) is 5.92 Å². The fraction of sp³-hybridized carbons (Fsp3) is 0.562. The molecule has 0 radical (unpaired) electrons. The lowest BCUT2D eigenvalue weighted by Gasteiger charge is -2.24. The molecule has 2 atom stereocenters. The summed E-state index contributed by atoms with van der Waals surface area (Å²) in [5.74, 6) is -0.972. The first-order valence-corrected chi connectivity index (χ1v) is 7.44. The average molecular weight is 307 g/mol. The number of carbonyl (C=O) groups is 2. The van der Waals surface area contributed by atoms with Crippen molar-refractivity contribution in [3.63, 3.8) is 0 Å². The number of pyridine rings is 1. The second kappa shape index (κ2) is 8.36. The Morgan fingerprint density at radius 3 is 2.55 bits per heavy atom. The third-order valence-electron chi connectivity index (χ3n) is 3.71. The molecule has 0 bridgehead atoms. The summed E-state index contributed by atoms with van der Waals surface area (Å²) in [6.45, 7) is 6.45. The van der Waals surface area contributed by atoms with Crippen molar-refractivity contribution in [1.82, 2.24) is 15.2 Å². The summed E-state index contributed by atoms with van der Waals surface area (Å²) in [7, 11) is 1.60. The van der Waals surface area contributed by atoms with E-state index in [0.29, 0.717) is 12.5 Å². The molecule has 122 valence electrons. The molecule has 0 aliphatic rings. The maximum Gasteiger partial charge on any atom is 0.317 e. The Morgan fingerprint density at radius 2 is 2.05 bits per heavy atom. The van der Waals surface area contributed by atoms with E-state index in [2.05, 4.69) is 24.1 Å². The lowest BCUT2D eigenvalue weighted by molar-refractivity contribution is -0.141. The quantitative estimate of drug-likeness (QED) is 0.809. The number of amides is 2. The van der Waals surface area contributed by atoms with Crippen LogP contribution in [-0.4, -0.2) is 47.1 Å². The molecule has 1 rings (SSSR count). The maximum absolute atomic E-state index is 12.1. The van der Waals surface area contributed by atoms with Gasteiger partial charge in [-0.3, -0.25) is 9.78 Å². The largest absolute Gasteiger partial charge is 0.481 e. The van der Waals surface area contributed by atoms with Crippen LogP contribution in [0.25, 0.3) is 0 Å². The molecule has 6 heteroatoms. The summed E-state index contributed by atoms with van der Waals surface area (Å²) in [5, 5.41) is 11.8. The Morgan fingerprint density at radius 1 is 1.36 bits per heavy atom. The zero-order chi connectivity index (χ0) is 16.7. The number of carboxylic acid groups (broad SMARTS) is 1. The van der Waals surface area contributed by atoms with Crippen molar-refractivity contribution < 1.29 is 14.7 Å². The normalized spacial score (nSPS) is 13.5. The third-order valence-corrected chi connectivity index (χ3v) is 3.71. The van der Waals surface area contributed by atoms with Crippen molar-refractivity contribution in [2.45, 2.75) is 26.7 Å². The molecule has 0 saturated carbocycles. The van der Waals surface area contributed by atoms with Crippen LogP contribution >= 0.6 is 0 Å². The molecule has 2 unspecified atom stereocenters. The Hall–Kier alpha value is -2.11. The van der Waals surface area contributed by atoms with Crippen LogP contribution in [0.3, 0.4) is 0 Å². The van der Waals surface area contributed by atoms with E-state index in [9.17, 15) is 9.59 Å². The lowest BCUT2D eigenvalue weighted by Crippen LogP contribution is -2.42. The van der Waals surface area contributed by atoms with E-state index in [0.717, 1.165) is 5.56 Å². The van der Waals surface area contributed by atoms with Gasteiger partial charge >= 0.3 is 12.0 Å². The summed E-state index contributed by atoms with van der Waals surface area (Å²) in [5.41, 5.74) is 1.08. The number of urea groups is 1. The van der Waals surface area contributed by atoms with Gasteiger partial charge in [-0.2, -0.15) is 0 Å². The summed E-state index contributed by atoms with van der Waals surface area (Å²) in [4.78, 5) is 28.4. The second-order valence-corrected chi connectivity index (χ2v) is 5.94. The highest BCUT2D eigenvalue weighted by atomic mass is 16.4. The fourth-order valence-electron chi connectivity index (χ4n) is 2.24. The monoisotopic (exact) mass is 307 g/mol. The third kappa shape index (κ3) is 5.35. The highest BCUT2D eigenvalue weighted by Crippen LogP contribution is 2.22. The van der Waals surface area contributed by atoms with Crippen molar-refractivity contribution in [1.29, 1.82) is 0 Å². The molecule has 6 nitrogen and oxygen atoms in total. The predicted octanol–water partition coefficient (Wildman–Crippen LogP) is 2.18. The van der Waals surface area contributed by atoms with Gasteiger partial charge in [-0.05, 0) is 17.5 Å². The molecule has 2 N–H and O–H groups in total. The Balaban J connectivity index is 2.58. The standard InChI is InChI=1S/C16H25N3O3/c1-11(2)14(13-6-5-7-17-8-13)9-18-16(22)19(4)10-12(3)15(20)21/h5-8,11-12,14H,9-10H2,1-4H3,(H,18,22)(H,20,21). The van der Waals surface area contributed by atoms with E-state index in [-0.39, 0.29) is 18.5 Å². The first kappa shape index (κ1) is 17.9. The van der Waals surface area contributed by atoms with Crippen LogP contribution < -0.4 is 5.32 Å². The molecule has 0 fully saturated rings. The van der Waals surface area contributed by atoms with Gasteiger partial charge in [0.2, 0.25) is 0 Å². The Kier molecular flexibility index (Phi) is 6.82. The average Bonchev–Trinajstić information content (AvgIpc) is 2.47. The number of aliphatic carboxylic acids is 1. The first-order chi connectivity index (χ1) is 10.3. The highest BCUT2D eigenvalue weighted by Gasteiger charge is 2.20. The van der Waals surface area contributed by atoms with Crippen molar-refractivity contribution in [2.24, 2.45) is 11.8 Å². The number of nitrogens with zero attached hydrogens (tertiary/aromatic N) is 2. The van der Waals surface area contributed by atoms with Gasteiger partial charge in [0, 0.05) is 38.4 Å². The smallest absolute Gasteiger partial charge is 0.317 e. The molecular formula is C16H25N3O3. The van der Waals surface area contributed by atoms with E-state index in [4.69, 9.17) is 5.11 Å². The fourth-order valence-corrected chi connectivity index (χ4v) is 2.24. The minimum absolute atomic E-state index is 0.169. The van der Waals surface area contributed by atoms with E-state index < -0.39 is 11.9 Å². The summed E-state index contributed by atoms with van der Waals surface area (Å²) in [6, 6.07) is 3.62. The van der Waals surface area contributed by atoms with Crippen LogP contribution in [0.5, 0.6) is 0 Å². The van der Waals surface area contributed by atoms with Crippen LogP contribution in [0, 0.1) is 11.8 Å². The van der Waals surface area contributed by atoms with Crippen molar-refractivity contribution in [3.8, 4) is 0 Å². The molecule has 0 saturated heterocycles. The van der Waals surface area contributed by atoms with Gasteiger partial charge in [-0.25, -0.2) is 4.79 Å². The van der Waals surface area contributed by atoms with Gasteiger partial charge in [-0.15, -0.1) is 0 Å². The van der Waals surface area contributed by atoms with Crippen molar-refractivity contribution in [3.05, 3.63) is 30.1 Å². The SMILES string of the molecule is CC(CN(C)C(=O)NCC(c1cccnc1)C(C)C)C(=O)O. The molecule has 2 amide bonds. The number of aromatic nitrogens is 1. The van der Waals surface area contributed by atoms with E-state index in [1.165, 1.54) is 4.90 Å². The maximum atomic E-state index is 12.1. The molecule has 0 spiro atoms. The molecule has 0 aromatic carbocycles. The number of hydrogen-bond acceptors (Lipinski definition) is 3. The van der Waals surface area contributed by atoms with Crippen LogP contribution in [0.15, 0.2) is 24.5 Å². The number of rotatable bonds is 7. The molecule has 1 aromatic heterocycles. The van der Waals surface area contributed by atoms with E-state index >= 15 is 0 Å². The first-order valence-electron chi connectivity index (χ1n) is 7.44. The zero-order valence-corrected chi connectivity index (χ0v) is 13.6. The van der Waals surface area contributed by atoms with Crippen LogP contribution in [0.2, 0.25) is 0 Å². The number of nitrogens with one attached hydrogen (secondary N) is 1. The number of hydrogen-bond donors (Lipinski definition) is 2. The number of carboxylic acids is 1. The van der Waals surface area contributed by atoms with Gasteiger partial charge in [0.25, 0.3) is 0 Å². The van der Waals surface area contributed by atoms with Gasteiger partial charge in [0.1, 0.15) is 0 Å². The van der Waals surface area contributed by atoms with Crippen molar-refractivity contribution >= 4 is 12.0 Å². The zero-order valence-electron chi connectivity index (χ0n) is 13.6. The second-order valence-electron chi connectivity index (χ2n) is 5.94. The molecule has 0 aliphatic heterocycles. The molecule has 0 aliphatic carbocycles. The minimum Gasteiger partial charge on any atom is -0.481 e. The molecule has 22 heavy (non-hydrogen) atoms. The lowest BCUT2D eigenvalue weighted by atomic mass is 9.89. The van der Waals surface area contributed by atoms with Gasteiger partial charge in [-0.1, -0.05) is 26.8 Å². The molecule has 1 aromatic rings. The van der Waals surface area contributed by atoms with Crippen molar-refractivity contribution in [2.75, 3.05) is 20.1 Å². The summed E-state index contributed by atoms with van der Waals surface area (Å²) >= 11 is 0. The van der Waals surface area contributed by atoms with Crippen LogP contribution in [0.1, 0.15) is 32.3 Å². The van der Waals surface area contributed by atoms with Gasteiger partial charge < -0.3 is 15.3 Å². The summed E-state index contributed by atoms with van der Waals surface area (Å²) < 4.78 is 0. The predicted molar refractivity (Wildman–Crippen MR) is 84.6 cm³/mol. The summed E-state index contributed by atoms with van der Waals surface area (Å²) in [6.07, 6.45) is 3.54. The van der Waals surface area contributed by atoms with E-state index in [1.54, 1.807) is 20.2 Å². The Bertz CT molecular complexity index is 491. The molecular weight excluding hydrogens is 282 g/mol. The van der Waals surface area contributed by atoms with Crippen LogP contribution in [0.4, 0.5) is 4.79 Å². The van der Waals surface area contributed by atoms with Gasteiger partial charge in [0.15, 0.2) is 0 Å². The molecule has 1 heterocycles. The minimum atomic E-state index is -0.907. The topological polar surface area (TPSA) is 82.5 Å².